The minimum absolute atomic E-state index is 0.205. The Labute approximate surface area is 127 Å². The van der Waals surface area contributed by atoms with E-state index in [1.807, 2.05) is 4.90 Å². The van der Waals surface area contributed by atoms with Crippen LogP contribution in [0.2, 0.25) is 0 Å². The Morgan fingerprint density at radius 1 is 1.14 bits per heavy atom. The van der Waals surface area contributed by atoms with Crippen molar-refractivity contribution in [2.75, 3.05) is 36.5 Å². The summed E-state index contributed by atoms with van der Waals surface area (Å²) in [6.07, 6.45) is 0. The molecule has 7 heteroatoms. The zero-order valence-electron chi connectivity index (χ0n) is 11.6. The number of rotatable bonds is 3. The van der Waals surface area contributed by atoms with Gasteiger partial charge in [0.05, 0.1) is 18.9 Å². The molecular weight excluding hydrogens is 285 g/mol. The summed E-state index contributed by atoms with van der Waals surface area (Å²) >= 11 is 0. The molecular formula is C15H12FN5O. The van der Waals surface area contributed by atoms with Crippen molar-refractivity contribution >= 4 is 11.4 Å². The van der Waals surface area contributed by atoms with E-state index >= 15 is 0 Å². The van der Waals surface area contributed by atoms with Crippen LogP contribution in [0.4, 0.5) is 15.8 Å². The summed E-state index contributed by atoms with van der Waals surface area (Å²) in [6.45, 7) is 2.32. The molecule has 110 valence electrons. The first kappa shape index (κ1) is 15.3. The van der Waals surface area contributed by atoms with Crippen LogP contribution in [0.3, 0.4) is 0 Å². The number of ether oxygens (including phenoxy) is 1. The highest BCUT2D eigenvalue weighted by Gasteiger charge is 2.16. The fourth-order valence-electron chi connectivity index (χ4n) is 2.07. The second-order valence-electron chi connectivity index (χ2n) is 4.48. The van der Waals surface area contributed by atoms with Crippen molar-refractivity contribution in [1.29, 1.82) is 15.8 Å². The first-order valence-electron chi connectivity index (χ1n) is 6.53. The van der Waals surface area contributed by atoms with E-state index in [1.54, 1.807) is 30.3 Å². The van der Waals surface area contributed by atoms with Gasteiger partial charge < -0.3 is 15.0 Å². The summed E-state index contributed by atoms with van der Waals surface area (Å²) in [6, 6.07) is 9.38. The average molecular weight is 297 g/mol. The quantitative estimate of drug-likeness (QED) is 0.856. The van der Waals surface area contributed by atoms with Gasteiger partial charge >= 0.3 is 0 Å². The van der Waals surface area contributed by atoms with Gasteiger partial charge in [0.1, 0.15) is 29.7 Å². The van der Waals surface area contributed by atoms with Gasteiger partial charge in [-0.1, -0.05) is 0 Å². The van der Waals surface area contributed by atoms with Gasteiger partial charge in [-0.3, -0.25) is 0 Å². The van der Waals surface area contributed by atoms with Crippen molar-refractivity contribution in [3.63, 3.8) is 0 Å². The molecule has 22 heavy (non-hydrogen) atoms. The maximum atomic E-state index is 14.2. The van der Waals surface area contributed by atoms with Crippen LogP contribution in [0.15, 0.2) is 29.5 Å². The van der Waals surface area contributed by atoms with E-state index in [0.717, 1.165) is 0 Å². The monoisotopic (exact) mass is 297 g/mol. The number of halogens is 1. The summed E-state index contributed by atoms with van der Waals surface area (Å²) < 4.78 is 19.4. The minimum atomic E-state index is -0.445. The molecule has 2 rings (SSSR count). The highest BCUT2D eigenvalue weighted by atomic mass is 19.1. The van der Waals surface area contributed by atoms with Crippen molar-refractivity contribution in [3.8, 4) is 18.2 Å². The van der Waals surface area contributed by atoms with Crippen LogP contribution < -0.4 is 10.2 Å². The van der Waals surface area contributed by atoms with E-state index in [1.165, 1.54) is 6.07 Å². The molecule has 1 fully saturated rings. The number of nitrogens with one attached hydrogen (secondary N) is 1. The van der Waals surface area contributed by atoms with E-state index in [-0.39, 0.29) is 11.3 Å². The van der Waals surface area contributed by atoms with Crippen LogP contribution in [0.1, 0.15) is 0 Å². The normalized spacial score (nSPS) is 13.5. The number of allylic oxidation sites excluding steroid dienone is 2. The third-order valence-electron chi connectivity index (χ3n) is 3.15. The number of nitriles is 3. The second kappa shape index (κ2) is 7.08. The van der Waals surface area contributed by atoms with E-state index in [4.69, 9.17) is 20.5 Å². The molecule has 1 aliphatic rings. The maximum absolute atomic E-state index is 14.2. The Morgan fingerprint density at radius 2 is 1.82 bits per heavy atom. The number of benzene rings is 1. The van der Waals surface area contributed by atoms with Crippen molar-refractivity contribution in [2.24, 2.45) is 0 Å². The summed E-state index contributed by atoms with van der Waals surface area (Å²) in [5.74, 6) is -0.445. The molecule has 0 atom stereocenters. The van der Waals surface area contributed by atoms with Gasteiger partial charge in [-0.25, -0.2) is 4.39 Å². The SMILES string of the molecule is N#CC(C#N)=C(C#N)Nc1ccc(N2CCOCC2)c(F)c1. The fraction of sp³-hybridized carbons (Fsp3) is 0.267. The van der Waals surface area contributed by atoms with Crippen molar-refractivity contribution in [1.82, 2.24) is 0 Å². The Morgan fingerprint density at radius 3 is 2.36 bits per heavy atom. The molecule has 0 saturated carbocycles. The maximum Gasteiger partial charge on any atom is 0.163 e. The van der Waals surface area contributed by atoms with Gasteiger partial charge in [0.25, 0.3) is 0 Å². The van der Waals surface area contributed by atoms with Crippen LogP contribution in [-0.4, -0.2) is 26.3 Å². The summed E-state index contributed by atoms with van der Waals surface area (Å²) in [7, 11) is 0. The predicted octanol–water partition coefficient (Wildman–Crippen LogP) is 1.90. The molecule has 1 aromatic carbocycles. The summed E-state index contributed by atoms with van der Waals surface area (Å²) in [5.41, 5.74) is 0.204. The molecule has 0 bridgehead atoms. The molecule has 1 N–H and O–H groups in total. The van der Waals surface area contributed by atoms with Crippen LogP contribution in [0.5, 0.6) is 0 Å². The molecule has 0 aromatic heterocycles. The standard InChI is InChI=1S/C15H12FN5O/c16-13-7-12(20-14(10-19)11(8-17)9-18)1-2-15(13)21-3-5-22-6-4-21/h1-2,7,20H,3-6H2. The van der Waals surface area contributed by atoms with Crippen LogP contribution >= 0.6 is 0 Å². The third kappa shape index (κ3) is 3.32. The number of hydrogen-bond donors (Lipinski definition) is 1. The topological polar surface area (TPSA) is 95.9 Å². The lowest BCUT2D eigenvalue weighted by atomic mass is 10.2. The van der Waals surface area contributed by atoms with Crippen LogP contribution in [0.25, 0.3) is 0 Å². The van der Waals surface area contributed by atoms with E-state index < -0.39 is 5.82 Å². The molecule has 6 nitrogen and oxygen atoms in total. The van der Waals surface area contributed by atoms with Gasteiger partial charge in [-0.2, -0.15) is 15.8 Å². The number of anilines is 2. The Kier molecular flexibility index (Phi) is 4.93. The van der Waals surface area contributed by atoms with E-state index in [9.17, 15) is 4.39 Å². The van der Waals surface area contributed by atoms with E-state index in [0.29, 0.717) is 37.7 Å². The number of nitrogens with zero attached hydrogens (tertiary/aromatic N) is 4. The van der Waals surface area contributed by atoms with Crippen molar-refractivity contribution < 1.29 is 9.13 Å². The Balaban J connectivity index is 2.23. The third-order valence-corrected chi connectivity index (χ3v) is 3.15. The van der Waals surface area contributed by atoms with Crippen molar-refractivity contribution in [2.45, 2.75) is 0 Å². The number of hydrogen-bond acceptors (Lipinski definition) is 6. The fourth-order valence-corrected chi connectivity index (χ4v) is 2.07. The van der Waals surface area contributed by atoms with Gasteiger partial charge in [-0.05, 0) is 18.2 Å². The highest BCUT2D eigenvalue weighted by Crippen LogP contribution is 2.24. The average Bonchev–Trinajstić information content (AvgIpc) is 2.56. The zero-order chi connectivity index (χ0) is 15.9. The lowest BCUT2D eigenvalue weighted by molar-refractivity contribution is 0.122. The Bertz CT molecular complexity index is 701. The molecule has 1 heterocycles. The number of morpholine rings is 1. The molecule has 0 unspecified atom stereocenters. The van der Waals surface area contributed by atoms with Crippen LogP contribution in [-0.2, 0) is 4.74 Å². The van der Waals surface area contributed by atoms with Crippen LogP contribution in [0, 0.1) is 39.8 Å². The second-order valence-corrected chi connectivity index (χ2v) is 4.48. The summed E-state index contributed by atoms with van der Waals surface area (Å²) in [4.78, 5) is 1.87. The largest absolute Gasteiger partial charge is 0.378 e. The van der Waals surface area contributed by atoms with Crippen molar-refractivity contribution in [3.05, 3.63) is 35.3 Å². The summed E-state index contributed by atoms with van der Waals surface area (Å²) in [5, 5.41) is 29.1. The molecule has 0 amide bonds. The lowest BCUT2D eigenvalue weighted by Crippen LogP contribution is -2.36. The molecule has 1 saturated heterocycles. The first-order valence-corrected chi connectivity index (χ1v) is 6.53. The first-order chi connectivity index (χ1) is 10.7. The van der Waals surface area contributed by atoms with Gasteiger partial charge in [0, 0.05) is 18.8 Å². The molecule has 0 spiro atoms. The van der Waals surface area contributed by atoms with Gasteiger partial charge in [-0.15, -0.1) is 0 Å². The minimum Gasteiger partial charge on any atom is -0.378 e. The lowest BCUT2D eigenvalue weighted by Gasteiger charge is -2.29. The molecule has 0 radical (unpaired) electrons. The molecule has 0 aliphatic carbocycles. The molecule has 1 aromatic rings. The Hall–Kier alpha value is -3.08. The predicted molar refractivity (Wildman–Crippen MR) is 76.9 cm³/mol. The highest BCUT2D eigenvalue weighted by molar-refractivity contribution is 5.62. The smallest absolute Gasteiger partial charge is 0.163 e. The zero-order valence-corrected chi connectivity index (χ0v) is 11.6. The molecule has 1 aliphatic heterocycles. The van der Waals surface area contributed by atoms with E-state index in [2.05, 4.69) is 5.32 Å². The van der Waals surface area contributed by atoms with Gasteiger partial charge in [0.15, 0.2) is 5.57 Å². The van der Waals surface area contributed by atoms with Gasteiger partial charge in [0.2, 0.25) is 0 Å².